The van der Waals surface area contributed by atoms with E-state index in [9.17, 15) is 4.79 Å². The zero-order chi connectivity index (χ0) is 18.5. The van der Waals surface area contributed by atoms with E-state index in [4.69, 9.17) is 15.3 Å². The van der Waals surface area contributed by atoms with Crippen molar-refractivity contribution in [2.45, 2.75) is 25.1 Å². The minimum atomic E-state index is 0.0516. The van der Waals surface area contributed by atoms with Crippen LogP contribution in [0, 0.1) is 0 Å². The van der Waals surface area contributed by atoms with Crippen LogP contribution >= 0.6 is 11.8 Å². The summed E-state index contributed by atoms with van der Waals surface area (Å²) < 4.78 is 12.3. The third kappa shape index (κ3) is 4.28. The van der Waals surface area contributed by atoms with Crippen molar-refractivity contribution in [1.82, 2.24) is 19.8 Å². The van der Waals surface area contributed by atoms with Gasteiger partial charge in [-0.2, -0.15) is 0 Å². The SMILES string of the molecule is CCOc1ccc(-c2nnc(SCC(=O)N3CCOC(C)C3)n2N)cc1. The van der Waals surface area contributed by atoms with Gasteiger partial charge in [-0.15, -0.1) is 10.2 Å². The van der Waals surface area contributed by atoms with Crippen molar-refractivity contribution in [2.75, 3.05) is 37.9 Å². The van der Waals surface area contributed by atoms with Crippen LogP contribution in [-0.4, -0.2) is 63.8 Å². The van der Waals surface area contributed by atoms with Crippen LogP contribution in [0.1, 0.15) is 13.8 Å². The summed E-state index contributed by atoms with van der Waals surface area (Å²) in [6, 6.07) is 7.49. The van der Waals surface area contributed by atoms with Gasteiger partial charge in [0.25, 0.3) is 0 Å². The molecule has 8 nitrogen and oxygen atoms in total. The summed E-state index contributed by atoms with van der Waals surface area (Å²) in [7, 11) is 0. The van der Waals surface area contributed by atoms with Crippen molar-refractivity contribution in [2.24, 2.45) is 0 Å². The highest BCUT2D eigenvalue weighted by Gasteiger charge is 2.22. The Bertz CT molecular complexity index is 749. The molecule has 1 saturated heterocycles. The maximum Gasteiger partial charge on any atom is 0.233 e. The standard InChI is InChI=1S/C17H23N5O3S/c1-3-24-14-6-4-13(5-7-14)16-19-20-17(22(16)18)26-11-15(23)21-8-9-25-12(2)10-21/h4-7,12H,3,8-11,18H2,1-2H3. The number of hydrogen-bond acceptors (Lipinski definition) is 7. The van der Waals surface area contributed by atoms with E-state index in [1.165, 1.54) is 16.4 Å². The smallest absolute Gasteiger partial charge is 0.233 e. The monoisotopic (exact) mass is 377 g/mol. The van der Waals surface area contributed by atoms with Crippen LogP contribution in [0.25, 0.3) is 11.4 Å². The van der Waals surface area contributed by atoms with Gasteiger partial charge in [0.1, 0.15) is 5.75 Å². The first-order valence-electron chi connectivity index (χ1n) is 8.54. The molecule has 1 amide bonds. The number of nitrogens with zero attached hydrogens (tertiary/aromatic N) is 4. The topological polar surface area (TPSA) is 95.5 Å². The normalized spacial score (nSPS) is 17.3. The highest BCUT2D eigenvalue weighted by atomic mass is 32.2. The maximum atomic E-state index is 12.3. The van der Waals surface area contributed by atoms with Gasteiger partial charge < -0.3 is 20.2 Å². The number of carbonyl (C=O) groups excluding carboxylic acids is 1. The van der Waals surface area contributed by atoms with E-state index in [1.807, 2.05) is 43.0 Å². The number of aromatic nitrogens is 3. The fraction of sp³-hybridized carbons (Fsp3) is 0.471. The molecular formula is C17H23N5O3S. The third-order valence-electron chi connectivity index (χ3n) is 4.01. The molecule has 0 aliphatic carbocycles. The minimum Gasteiger partial charge on any atom is -0.494 e. The number of ether oxygens (including phenoxy) is 2. The maximum absolute atomic E-state index is 12.3. The Labute approximate surface area is 156 Å². The molecule has 1 aromatic carbocycles. The average Bonchev–Trinajstić information content (AvgIpc) is 3.01. The molecular weight excluding hydrogens is 354 g/mol. The molecule has 26 heavy (non-hydrogen) atoms. The van der Waals surface area contributed by atoms with Crippen molar-refractivity contribution in [3.8, 4) is 17.1 Å². The number of benzene rings is 1. The second-order valence-corrected chi connectivity index (χ2v) is 6.89. The molecule has 2 aromatic rings. The predicted octanol–water partition coefficient (Wildman–Crippen LogP) is 1.40. The number of nitrogen functional groups attached to an aromatic ring is 1. The van der Waals surface area contributed by atoms with Crippen molar-refractivity contribution in [3.63, 3.8) is 0 Å². The Balaban J connectivity index is 1.62. The van der Waals surface area contributed by atoms with E-state index in [-0.39, 0.29) is 17.8 Å². The second kappa shape index (κ2) is 8.41. The summed E-state index contributed by atoms with van der Waals surface area (Å²) in [6.45, 7) is 6.33. The first kappa shape index (κ1) is 18.5. The lowest BCUT2D eigenvalue weighted by Crippen LogP contribution is -2.45. The molecule has 1 atom stereocenters. The summed E-state index contributed by atoms with van der Waals surface area (Å²) >= 11 is 1.28. The number of amides is 1. The molecule has 1 aliphatic rings. The Hall–Kier alpha value is -2.26. The molecule has 1 aromatic heterocycles. The van der Waals surface area contributed by atoms with Gasteiger partial charge in [-0.05, 0) is 38.1 Å². The molecule has 0 radical (unpaired) electrons. The van der Waals surface area contributed by atoms with Crippen molar-refractivity contribution in [3.05, 3.63) is 24.3 Å². The molecule has 1 unspecified atom stereocenters. The lowest BCUT2D eigenvalue weighted by molar-refractivity contribution is -0.135. The molecule has 1 fully saturated rings. The molecule has 3 rings (SSSR count). The molecule has 2 N–H and O–H groups in total. The zero-order valence-electron chi connectivity index (χ0n) is 14.9. The van der Waals surface area contributed by atoms with Gasteiger partial charge in [-0.3, -0.25) is 4.79 Å². The zero-order valence-corrected chi connectivity index (χ0v) is 15.7. The number of hydrogen-bond donors (Lipinski definition) is 1. The lowest BCUT2D eigenvalue weighted by Gasteiger charge is -2.31. The third-order valence-corrected chi connectivity index (χ3v) is 4.93. The molecule has 1 aliphatic heterocycles. The average molecular weight is 377 g/mol. The number of thioether (sulfide) groups is 1. The van der Waals surface area contributed by atoms with Crippen molar-refractivity contribution < 1.29 is 14.3 Å². The van der Waals surface area contributed by atoms with Gasteiger partial charge in [0, 0.05) is 18.7 Å². The Morgan fingerprint density at radius 3 is 2.85 bits per heavy atom. The first-order valence-corrected chi connectivity index (χ1v) is 9.53. The van der Waals surface area contributed by atoms with E-state index >= 15 is 0 Å². The molecule has 2 heterocycles. The van der Waals surface area contributed by atoms with Crippen LogP contribution in [0.3, 0.4) is 0 Å². The fourth-order valence-corrected chi connectivity index (χ4v) is 3.46. The largest absolute Gasteiger partial charge is 0.494 e. The summed E-state index contributed by atoms with van der Waals surface area (Å²) in [5, 5.41) is 8.76. The molecule has 140 valence electrons. The van der Waals surface area contributed by atoms with Gasteiger partial charge in [0.2, 0.25) is 11.1 Å². The minimum absolute atomic E-state index is 0.0516. The molecule has 0 spiro atoms. The van der Waals surface area contributed by atoms with Crippen LogP contribution in [0.4, 0.5) is 0 Å². The van der Waals surface area contributed by atoms with E-state index in [0.717, 1.165) is 11.3 Å². The Morgan fingerprint density at radius 2 is 2.15 bits per heavy atom. The summed E-state index contributed by atoms with van der Waals surface area (Å²) in [5.74, 6) is 7.77. The van der Waals surface area contributed by atoms with E-state index in [1.54, 1.807) is 0 Å². The van der Waals surface area contributed by atoms with Gasteiger partial charge in [0.05, 0.1) is 25.1 Å². The van der Waals surface area contributed by atoms with E-state index in [2.05, 4.69) is 10.2 Å². The second-order valence-electron chi connectivity index (χ2n) is 5.94. The van der Waals surface area contributed by atoms with Crippen LogP contribution in [0.5, 0.6) is 5.75 Å². The highest BCUT2D eigenvalue weighted by molar-refractivity contribution is 7.99. The number of nitrogens with two attached hydrogens (primary N) is 1. The predicted molar refractivity (Wildman–Crippen MR) is 99.5 cm³/mol. The van der Waals surface area contributed by atoms with Crippen LogP contribution in [-0.2, 0) is 9.53 Å². The Morgan fingerprint density at radius 1 is 1.38 bits per heavy atom. The number of morpholine rings is 1. The number of carbonyl (C=O) groups is 1. The van der Waals surface area contributed by atoms with Gasteiger partial charge in [0.15, 0.2) is 5.82 Å². The highest BCUT2D eigenvalue weighted by Crippen LogP contribution is 2.24. The summed E-state index contributed by atoms with van der Waals surface area (Å²) in [4.78, 5) is 14.2. The molecule has 0 saturated carbocycles. The van der Waals surface area contributed by atoms with Crippen molar-refractivity contribution >= 4 is 17.7 Å². The van der Waals surface area contributed by atoms with Gasteiger partial charge >= 0.3 is 0 Å². The number of rotatable bonds is 6. The first-order chi connectivity index (χ1) is 12.6. The van der Waals surface area contributed by atoms with Crippen molar-refractivity contribution in [1.29, 1.82) is 0 Å². The summed E-state index contributed by atoms with van der Waals surface area (Å²) in [5.41, 5.74) is 0.837. The van der Waals surface area contributed by atoms with Crippen LogP contribution in [0.2, 0.25) is 0 Å². The van der Waals surface area contributed by atoms with Gasteiger partial charge in [-0.1, -0.05) is 11.8 Å². The Kier molecular flexibility index (Phi) is 6.00. The van der Waals surface area contributed by atoms with E-state index in [0.29, 0.717) is 37.3 Å². The lowest BCUT2D eigenvalue weighted by atomic mass is 10.2. The van der Waals surface area contributed by atoms with E-state index < -0.39 is 0 Å². The van der Waals surface area contributed by atoms with Crippen LogP contribution < -0.4 is 10.6 Å². The quantitative estimate of drug-likeness (QED) is 0.600. The fourth-order valence-electron chi connectivity index (χ4n) is 2.70. The summed E-state index contributed by atoms with van der Waals surface area (Å²) in [6.07, 6.45) is 0.0714. The van der Waals surface area contributed by atoms with Crippen LogP contribution in [0.15, 0.2) is 29.4 Å². The molecule has 0 bridgehead atoms. The van der Waals surface area contributed by atoms with Gasteiger partial charge in [-0.25, -0.2) is 4.68 Å². The molecule has 9 heteroatoms.